The van der Waals surface area contributed by atoms with E-state index in [0.717, 1.165) is 18.2 Å². The Labute approximate surface area is 99.0 Å². The van der Waals surface area contributed by atoms with Gasteiger partial charge in [0.15, 0.2) is 0 Å². The Morgan fingerprint density at radius 1 is 1.35 bits per heavy atom. The Morgan fingerprint density at radius 3 is 2.47 bits per heavy atom. The van der Waals surface area contributed by atoms with Crippen LogP contribution in [0.3, 0.4) is 0 Å². The van der Waals surface area contributed by atoms with Gasteiger partial charge < -0.3 is 11.1 Å². The van der Waals surface area contributed by atoms with Gasteiger partial charge in [-0.1, -0.05) is 6.92 Å². The molecule has 0 aliphatic carbocycles. The van der Waals surface area contributed by atoms with Crippen molar-refractivity contribution in [3.05, 3.63) is 29.8 Å². The third-order valence-corrected chi connectivity index (χ3v) is 2.41. The van der Waals surface area contributed by atoms with Gasteiger partial charge in [0.05, 0.1) is 0 Å². The molecule has 0 saturated carbocycles. The first-order chi connectivity index (χ1) is 8.01. The highest BCUT2D eigenvalue weighted by atomic mass is 19.1. The fourth-order valence-electron chi connectivity index (χ4n) is 1.34. The molecule has 17 heavy (non-hydrogen) atoms. The van der Waals surface area contributed by atoms with Crippen LogP contribution in [0.15, 0.2) is 18.2 Å². The smallest absolute Gasteiger partial charge is 0.224 e. The predicted molar refractivity (Wildman–Crippen MR) is 62.4 cm³/mol. The summed E-state index contributed by atoms with van der Waals surface area (Å²) in [5.74, 6) is -1.44. The lowest BCUT2D eigenvalue weighted by Gasteiger charge is -2.08. The highest BCUT2D eigenvalue weighted by molar-refractivity contribution is 5.90. The van der Waals surface area contributed by atoms with E-state index < -0.39 is 11.6 Å². The second-order valence-electron chi connectivity index (χ2n) is 4.09. The summed E-state index contributed by atoms with van der Waals surface area (Å²) in [5, 5.41) is 2.44. The first-order valence-electron chi connectivity index (χ1n) is 5.47. The zero-order valence-corrected chi connectivity index (χ0v) is 9.67. The Morgan fingerprint density at radius 2 is 1.94 bits per heavy atom. The molecule has 1 amide bonds. The molecule has 0 aromatic heterocycles. The normalized spacial score (nSPS) is 12.2. The molecule has 94 valence electrons. The number of carbonyl (C=O) groups is 1. The van der Waals surface area contributed by atoms with Crippen molar-refractivity contribution in [2.24, 2.45) is 11.7 Å². The van der Waals surface area contributed by atoms with Crippen LogP contribution in [0.4, 0.5) is 14.5 Å². The SMILES string of the molecule is CC(CN)CCC(=O)Nc1cc(F)cc(F)c1. The third kappa shape index (κ3) is 4.91. The number of hydrogen-bond acceptors (Lipinski definition) is 2. The van der Waals surface area contributed by atoms with Crippen molar-refractivity contribution in [3.8, 4) is 0 Å². The van der Waals surface area contributed by atoms with Crippen molar-refractivity contribution in [2.75, 3.05) is 11.9 Å². The van der Waals surface area contributed by atoms with Crippen molar-refractivity contribution in [3.63, 3.8) is 0 Å². The van der Waals surface area contributed by atoms with Crippen molar-refractivity contribution in [1.29, 1.82) is 0 Å². The molecule has 3 N–H and O–H groups in total. The number of amides is 1. The summed E-state index contributed by atoms with van der Waals surface area (Å²) in [4.78, 5) is 11.5. The molecule has 0 heterocycles. The average molecular weight is 242 g/mol. The third-order valence-electron chi connectivity index (χ3n) is 2.41. The predicted octanol–water partition coefficient (Wildman–Crippen LogP) is 2.28. The Hall–Kier alpha value is -1.49. The monoisotopic (exact) mass is 242 g/mol. The molecule has 1 unspecified atom stereocenters. The Balaban J connectivity index is 2.50. The minimum absolute atomic E-state index is 0.132. The number of rotatable bonds is 5. The molecule has 0 saturated heterocycles. The first-order valence-corrected chi connectivity index (χ1v) is 5.47. The number of nitrogens with one attached hydrogen (secondary N) is 1. The van der Waals surface area contributed by atoms with E-state index in [9.17, 15) is 13.6 Å². The maximum absolute atomic E-state index is 12.8. The van der Waals surface area contributed by atoms with E-state index in [1.807, 2.05) is 6.92 Å². The van der Waals surface area contributed by atoms with E-state index in [1.165, 1.54) is 0 Å². The maximum Gasteiger partial charge on any atom is 0.224 e. The molecule has 0 aliphatic rings. The van der Waals surface area contributed by atoms with Crippen LogP contribution in [0, 0.1) is 17.6 Å². The van der Waals surface area contributed by atoms with Crippen LogP contribution in [0.25, 0.3) is 0 Å². The topological polar surface area (TPSA) is 55.1 Å². The molecule has 0 aliphatic heterocycles. The van der Waals surface area contributed by atoms with Crippen molar-refractivity contribution < 1.29 is 13.6 Å². The molecule has 3 nitrogen and oxygen atoms in total. The highest BCUT2D eigenvalue weighted by Gasteiger charge is 2.07. The molecule has 0 spiro atoms. The summed E-state index contributed by atoms with van der Waals surface area (Å²) in [7, 11) is 0. The van der Waals surface area contributed by atoms with Crippen LogP contribution >= 0.6 is 0 Å². The summed E-state index contributed by atoms with van der Waals surface area (Å²) < 4.78 is 25.7. The molecule has 1 aromatic rings. The van der Waals surface area contributed by atoms with Crippen LogP contribution in [0.1, 0.15) is 19.8 Å². The molecule has 0 fully saturated rings. The van der Waals surface area contributed by atoms with E-state index in [2.05, 4.69) is 5.32 Å². The fourth-order valence-corrected chi connectivity index (χ4v) is 1.34. The maximum atomic E-state index is 12.8. The van der Waals surface area contributed by atoms with Gasteiger partial charge in [0, 0.05) is 18.2 Å². The van der Waals surface area contributed by atoms with Gasteiger partial charge in [-0.3, -0.25) is 4.79 Å². The van der Waals surface area contributed by atoms with Gasteiger partial charge in [0.1, 0.15) is 11.6 Å². The lowest BCUT2D eigenvalue weighted by molar-refractivity contribution is -0.116. The van der Waals surface area contributed by atoms with E-state index >= 15 is 0 Å². The van der Waals surface area contributed by atoms with Gasteiger partial charge in [-0.25, -0.2) is 8.78 Å². The first kappa shape index (κ1) is 13.6. The summed E-state index contributed by atoms with van der Waals surface area (Å²) in [5.41, 5.74) is 5.55. The van der Waals surface area contributed by atoms with Crippen molar-refractivity contribution in [1.82, 2.24) is 0 Å². The summed E-state index contributed by atoms with van der Waals surface area (Å²) in [6.07, 6.45) is 0.941. The number of benzene rings is 1. The van der Waals surface area contributed by atoms with Gasteiger partial charge in [0.2, 0.25) is 5.91 Å². The van der Waals surface area contributed by atoms with Crippen LogP contribution in [0.5, 0.6) is 0 Å². The van der Waals surface area contributed by atoms with Gasteiger partial charge in [0.25, 0.3) is 0 Å². The average Bonchev–Trinajstić information content (AvgIpc) is 2.24. The second-order valence-corrected chi connectivity index (χ2v) is 4.09. The van der Waals surface area contributed by atoms with Crippen LogP contribution in [0.2, 0.25) is 0 Å². The summed E-state index contributed by atoms with van der Waals surface area (Å²) >= 11 is 0. The van der Waals surface area contributed by atoms with Crippen LogP contribution in [-0.2, 0) is 4.79 Å². The molecular weight excluding hydrogens is 226 g/mol. The van der Waals surface area contributed by atoms with Crippen LogP contribution < -0.4 is 11.1 Å². The molecule has 1 rings (SSSR count). The lowest BCUT2D eigenvalue weighted by atomic mass is 10.1. The molecule has 5 heteroatoms. The summed E-state index contributed by atoms with van der Waals surface area (Å²) in [6.45, 7) is 2.46. The van der Waals surface area contributed by atoms with Crippen molar-refractivity contribution in [2.45, 2.75) is 19.8 Å². The molecule has 1 atom stereocenters. The Kier molecular flexibility index (Phi) is 5.03. The molecular formula is C12H16F2N2O. The Bertz CT molecular complexity index is 376. The minimum Gasteiger partial charge on any atom is -0.330 e. The van der Waals surface area contributed by atoms with E-state index in [4.69, 9.17) is 5.73 Å². The van der Waals surface area contributed by atoms with Gasteiger partial charge in [-0.05, 0) is 31.0 Å². The number of halogens is 2. The van der Waals surface area contributed by atoms with Gasteiger partial charge in [-0.2, -0.15) is 0 Å². The van der Waals surface area contributed by atoms with Crippen molar-refractivity contribution >= 4 is 11.6 Å². The fraction of sp³-hybridized carbons (Fsp3) is 0.417. The van der Waals surface area contributed by atoms with Gasteiger partial charge in [-0.15, -0.1) is 0 Å². The number of nitrogens with two attached hydrogens (primary N) is 1. The zero-order chi connectivity index (χ0) is 12.8. The lowest BCUT2D eigenvalue weighted by Crippen LogP contribution is -2.16. The largest absolute Gasteiger partial charge is 0.330 e. The standard InChI is InChI=1S/C12H16F2N2O/c1-8(7-15)2-3-12(17)16-11-5-9(13)4-10(14)6-11/h4-6,8H,2-3,7,15H2,1H3,(H,16,17). The zero-order valence-electron chi connectivity index (χ0n) is 9.67. The van der Waals surface area contributed by atoms with E-state index in [1.54, 1.807) is 0 Å². The highest BCUT2D eigenvalue weighted by Crippen LogP contribution is 2.13. The number of carbonyl (C=O) groups excluding carboxylic acids is 1. The van der Waals surface area contributed by atoms with Gasteiger partial charge >= 0.3 is 0 Å². The molecule has 1 aromatic carbocycles. The van der Waals surface area contributed by atoms with E-state index in [0.29, 0.717) is 13.0 Å². The minimum atomic E-state index is -0.712. The molecule has 0 bridgehead atoms. The summed E-state index contributed by atoms with van der Waals surface area (Å²) in [6, 6.07) is 2.91. The number of hydrogen-bond donors (Lipinski definition) is 2. The van der Waals surface area contributed by atoms with E-state index in [-0.39, 0.29) is 23.9 Å². The molecule has 0 radical (unpaired) electrons. The number of anilines is 1. The quantitative estimate of drug-likeness (QED) is 0.832. The second kappa shape index (κ2) is 6.30. The van der Waals surface area contributed by atoms with Crippen LogP contribution in [-0.4, -0.2) is 12.5 Å².